The molecule has 0 aliphatic rings. The van der Waals surface area contributed by atoms with Crippen molar-refractivity contribution in [1.29, 1.82) is 0 Å². The van der Waals surface area contributed by atoms with Crippen molar-refractivity contribution >= 4 is 15.9 Å². The van der Waals surface area contributed by atoms with Gasteiger partial charge in [-0.05, 0) is 18.6 Å². The summed E-state index contributed by atoms with van der Waals surface area (Å²) in [6.45, 7) is 1.77. The summed E-state index contributed by atoms with van der Waals surface area (Å²) in [7, 11) is 0. The van der Waals surface area contributed by atoms with E-state index >= 15 is 0 Å². The fraction of sp³-hybridized carbons (Fsp3) is 0.375. The van der Waals surface area contributed by atoms with Gasteiger partial charge in [0.05, 0.1) is 5.69 Å². The van der Waals surface area contributed by atoms with E-state index in [0.717, 1.165) is 11.3 Å². The van der Waals surface area contributed by atoms with Crippen LogP contribution in [0.2, 0.25) is 0 Å². The average Bonchev–Trinajstić information content (AvgIpc) is 2.04. The van der Waals surface area contributed by atoms with Crippen LogP contribution in [0.5, 0.6) is 0 Å². The Hall–Kier alpha value is -0.510. The first-order valence-corrected chi connectivity index (χ1v) is 4.57. The van der Waals surface area contributed by atoms with E-state index in [1.165, 1.54) is 12.3 Å². The summed E-state index contributed by atoms with van der Waals surface area (Å²) in [6.07, 6.45) is -1.21. The molecule has 66 valence electrons. The Labute approximate surface area is 77.9 Å². The number of hydrogen-bond acceptors (Lipinski definition) is 1. The molecular weight excluding hydrogens is 228 g/mol. The van der Waals surface area contributed by atoms with Gasteiger partial charge >= 0.3 is 0 Å². The molecule has 0 aromatic carbocycles. The highest BCUT2D eigenvalue weighted by atomic mass is 79.9. The normalized spacial score (nSPS) is 10.8. The van der Waals surface area contributed by atoms with Crippen LogP contribution in [0.3, 0.4) is 0 Å². The van der Waals surface area contributed by atoms with Crippen molar-refractivity contribution in [2.24, 2.45) is 0 Å². The smallest absolute Gasteiger partial charge is 0.260 e. The molecule has 12 heavy (non-hydrogen) atoms. The fourth-order valence-corrected chi connectivity index (χ4v) is 1.47. The van der Waals surface area contributed by atoms with Crippen molar-refractivity contribution in [3.8, 4) is 0 Å². The van der Waals surface area contributed by atoms with Gasteiger partial charge in [-0.25, -0.2) is 8.78 Å². The van der Waals surface area contributed by atoms with E-state index in [1.807, 2.05) is 0 Å². The van der Waals surface area contributed by atoms with Crippen molar-refractivity contribution in [2.75, 3.05) is 0 Å². The molecule has 1 rings (SSSR count). The molecule has 0 saturated carbocycles. The summed E-state index contributed by atoms with van der Waals surface area (Å²) in [4.78, 5) is 3.89. The highest BCUT2D eigenvalue weighted by molar-refractivity contribution is 9.08. The van der Waals surface area contributed by atoms with E-state index in [0.29, 0.717) is 5.33 Å². The van der Waals surface area contributed by atoms with Crippen molar-refractivity contribution in [3.05, 3.63) is 29.1 Å². The largest absolute Gasteiger partial charge is 0.265 e. The molecule has 0 unspecified atom stereocenters. The summed E-state index contributed by atoms with van der Waals surface area (Å²) in [6, 6.07) is 1.47. The lowest BCUT2D eigenvalue weighted by Gasteiger charge is -2.03. The molecule has 0 bridgehead atoms. The highest BCUT2D eigenvalue weighted by Gasteiger charge is 2.08. The van der Waals surface area contributed by atoms with E-state index in [4.69, 9.17) is 0 Å². The minimum atomic E-state index is -2.43. The first-order chi connectivity index (χ1) is 5.65. The Morgan fingerprint density at radius 2 is 2.25 bits per heavy atom. The third-order valence-electron chi connectivity index (χ3n) is 1.59. The number of pyridine rings is 1. The van der Waals surface area contributed by atoms with E-state index in [-0.39, 0.29) is 5.56 Å². The zero-order chi connectivity index (χ0) is 9.14. The number of rotatable bonds is 2. The number of hydrogen-bond donors (Lipinski definition) is 0. The van der Waals surface area contributed by atoms with Crippen LogP contribution in [-0.2, 0) is 5.33 Å². The topological polar surface area (TPSA) is 12.9 Å². The summed E-state index contributed by atoms with van der Waals surface area (Å²) in [5.41, 5.74) is 1.58. The molecule has 1 aromatic rings. The number of nitrogens with zero attached hydrogens (tertiary/aromatic N) is 1. The standard InChI is InChI=1S/C8H8BrF2N/c1-5-2-6(8(10)11)4-12-7(5)3-9/h2,4,8H,3H2,1H3. The van der Waals surface area contributed by atoms with Crippen LogP contribution in [-0.4, -0.2) is 4.98 Å². The average molecular weight is 236 g/mol. The van der Waals surface area contributed by atoms with Gasteiger partial charge in [0, 0.05) is 17.1 Å². The van der Waals surface area contributed by atoms with Gasteiger partial charge in [0.2, 0.25) is 0 Å². The molecule has 0 amide bonds. The van der Waals surface area contributed by atoms with Crippen LogP contribution in [0.15, 0.2) is 12.3 Å². The second-order valence-corrected chi connectivity index (χ2v) is 3.03. The van der Waals surface area contributed by atoms with E-state index in [9.17, 15) is 8.78 Å². The van der Waals surface area contributed by atoms with Crippen LogP contribution in [0.25, 0.3) is 0 Å². The number of alkyl halides is 3. The van der Waals surface area contributed by atoms with E-state index < -0.39 is 6.43 Å². The molecule has 1 heterocycles. The number of halogens is 3. The van der Waals surface area contributed by atoms with Gasteiger partial charge in [0.15, 0.2) is 0 Å². The predicted molar refractivity (Wildman–Crippen MR) is 46.6 cm³/mol. The lowest BCUT2D eigenvalue weighted by atomic mass is 10.2. The SMILES string of the molecule is Cc1cc(C(F)F)cnc1CBr. The monoisotopic (exact) mass is 235 g/mol. The van der Waals surface area contributed by atoms with Crippen LogP contribution in [0.4, 0.5) is 8.78 Å². The zero-order valence-corrected chi connectivity index (χ0v) is 8.11. The summed E-state index contributed by atoms with van der Waals surface area (Å²) in [5.74, 6) is 0. The van der Waals surface area contributed by atoms with Crippen LogP contribution >= 0.6 is 15.9 Å². The van der Waals surface area contributed by atoms with Gasteiger partial charge in [-0.2, -0.15) is 0 Å². The zero-order valence-electron chi connectivity index (χ0n) is 6.52. The molecule has 0 atom stereocenters. The van der Waals surface area contributed by atoms with Crippen molar-refractivity contribution in [3.63, 3.8) is 0 Å². The van der Waals surface area contributed by atoms with Crippen molar-refractivity contribution in [2.45, 2.75) is 18.7 Å². The first kappa shape index (κ1) is 9.58. The van der Waals surface area contributed by atoms with Gasteiger partial charge in [0.25, 0.3) is 6.43 Å². The van der Waals surface area contributed by atoms with Crippen molar-refractivity contribution in [1.82, 2.24) is 4.98 Å². The van der Waals surface area contributed by atoms with Gasteiger partial charge in [-0.3, -0.25) is 4.98 Å². The summed E-state index contributed by atoms with van der Waals surface area (Å²) >= 11 is 3.22. The summed E-state index contributed by atoms with van der Waals surface area (Å²) in [5, 5.41) is 0.600. The third kappa shape index (κ3) is 2.00. The predicted octanol–water partition coefficient (Wildman–Crippen LogP) is 3.22. The molecule has 4 heteroatoms. The third-order valence-corrected chi connectivity index (χ3v) is 2.12. The number of aryl methyl sites for hydroxylation is 1. The van der Waals surface area contributed by atoms with Crippen LogP contribution in [0, 0.1) is 6.92 Å². The summed E-state index contributed by atoms with van der Waals surface area (Å²) < 4.78 is 24.3. The molecule has 0 radical (unpaired) electrons. The fourth-order valence-electron chi connectivity index (χ4n) is 0.884. The van der Waals surface area contributed by atoms with Gasteiger partial charge in [-0.15, -0.1) is 0 Å². The second-order valence-electron chi connectivity index (χ2n) is 2.47. The Bertz CT molecular complexity index is 276. The van der Waals surface area contributed by atoms with Gasteiger partial charge in [-0.1, -0.05) is 15.9 Å². The maximum absolute atomic E-state index is 12.1. The maximum atomic E-state index is 12.1. The van der Waals surface area contributed by atoms with E-state index in [2.05, 4.69) is 20.9 Å². The van der Waals surface area contributed by atoms with Gasteiger partial charge in [0.1, 0.15) is 0 Å². The minimum Gasteiger partial charge on any atom is -0.260 e. The molecule has 1 nitrogen and oxygen atoms in total. The molecular formula is C8H8BrF2N. The molecule has 0 saturated heterocycles. The minimum absolute atomic E-state index is 0.0165. The molecule has 1 aromatic heterocycles. The van der Waals surface area contributed by atoms with Crippen LogP contribution < -0.4 is 0 Å². The maximum Gasteiger partial charge on any atom is 0.265 e. The molecule has 0 fully saturated rings. The molecule has 0 aliphatic heterocycles. The Kier molecular flexibility index (Phi) is 3.14. The Balaban J connectivity index is 3.02. The van der Waals surface area contributed by atoms with Crippen molar-refractivity contribution < 1.29 is 8.78 Å². The second kappa shape index (κ2) is 3.94. The van der Waals surface area contributed by atoms with Gasteiger partial charge < -0.3 is 0 Å². The number of aromatic nitrogens is 1. The lowest BCUT2D eigenvalue weighted by Crippen LogP contribution is -1.93. The van der Waals surface area contributed by atoms with Crippen LogP contribution in [0.1, 0.15) is 23.2 Å². The quantitative estimate of drug-likeness (QED) is 0.718. The molecule has 0 aliphatic carbocycles. The lowest BCUT2D eigenvalue weighted by molar-refractivity contribution is 0.151. The molecule has 0 spiro atoms. The highest BCUT2D eigenvalue weighted by Crippen LogP contribution is 2.20. The van der Waals surface area contributed by atoms with E-state index in [1.54, 1.807) is 6.92 Å². The molecule has 0 N–H and O–H groups in total. The first-order valence-electron chi connectivity index (χ1n) is 3.44. The Morgan fingerprint density at radius 3 is 2.67 bits per heavy atom. The Morgan fingerprint density at radius 1 is 1.58 bits per heavy atom.